The zero-order valence-electron chi connectivity index (χ0n) is 16.8. The van der Waals surface area contributed by atoms with E-state index in [2.05, 4.69) is 24.5 Å². The normalized spacial score (nSPS) is 10.6. The van der Waals surface area contributed by atoms with Crippen LogP contribution in [-0.4, -0.2) is 24.9 Å². The Morgan fingerprint density at radius 3 is 1.28 bits per heavy atom. The molecule has 0 aromatic carbocycles. The predicted molar refractivity (Wildman–Crippen MR) is 107 cm³/mol. The van der Waals surface area contributed by atoms with Gasteiger partial charge in [-0.1, -0.05) is 71.6 Å². The third-order valence-electron chi connectivity index (χ3n) is 4.51. The molecule has 148 valence electrons. The van der Waals surface area contributed by atoms with Gasteiger partial charge < -0.3 is 10.6 Å². The third-order valence-corrected chi connectivity index (χ3v) is 4.51. The highest BCUT2D eigenvalue weighted by Gasteiger charge is 2.01. The number of hydrogen-bond acceptors (Lipinski definition) is 2. The van der Waals surface area contributed by atoms with Gasteiger partial charge in [-0.2, -0.15) is 0 Å². The second-order valence-corrected chi connectivity index (χ2v) is 7.09. The Morgan fingerprint density at radius 1 is 0.520 bits per heavy atom. The van der Waals surface area contributed by atoms with E-state index in [1.165, 1.54) is 44.9 Å². The first-order valence-corrected chi connectivity index (χ1v) is 10.7. The average Bonchev–Trinajstić information content (AvgIpc) is 2.61. The van der Waals surface area contributed by atoms with E-state index >= 15 is 0 Å². The fraction of sp³-hybridized carbons (Fsp3) is 0.905. The van der Waals surface area contributed by atoms with Crippen molar-refractivity contribution in [2.45, 2.75) is 110 Å². The Balaban J connectivity index is 3.23. The van der Waals surface area contributed by atoms with Crippen LogP contribution < -0.4 is 10.6 Å². The third kappa shape index (κ3) is 19.1. The van der Waals surface area contributed by atoms with Gasteiger partial charge in [-0.3, -0.25) is 9.59 Å². The molecule has 0 spiro atoms. The van der Waals surface area contributed by atoms with E-state index in [4.69, 9.17) is 0 Å². The van der Waals surface area contributed by atoms with Crippen LogP contribution in [0.5, 0.6) is 0 Å². The topological polar surface area (TPSA) is 58.2 Å². The molecule has 4 heteroatoms. The van der Waals surface area contributed by atoms with Crippen LogP contribution in [0, 0.1) is 0 Å². The van der Waals surface area contributed by atoms with Crippen LogP contribution >= 0.6 is 0 Å². The Kier molecular flexibility index (Phi) is 18.5. The van der Waals surface area contributed by atoms with Gasteiger partial charge in [0.25, 0.3) is 0 Å². The van der Waals surface area contributed by atoms with Crippen LogP contribution in [0.2, 0.25) is 0 Å². The van der Waals surface area contributed by atoms with E-state index in [-0.39, 0.29) is 11.8 Å². The second-order valence-electron chi connectivity index (χ2n) is 7.09. The summed E-state index contributed by atoms with van der Waals surface area (Å²) in [6.45, 7) is 5.98. The minimum absolute atomic E-state index is 0.206. The zero-order valence-corrected chi connectivity index (χ0v) is 16.8. The summed E-state index contributed by atoms with van der Waals surface area (Å²) >= 11 is 0. The maximum atomic E-state index is 11.6. The summed E-state index contributed by atoms with van der Waals surface area (Å²) in [5.41, 5.74) is 0. The second kappa shape index (κ2) is 19.3. The molecule has 0 unspecified atom stereocenters. The van der Waals surface area contributed by atoms with Crippen LogP contribution in [0.25, 0.3) is 0 Å². The number of carbonyl (C=O) groups excluding carboxylic acids is 2. The molecule has 2 amide bonds. The summed E-state index contributed by atoms with van der Waals surface area (Å²) in [5, 5.41) is 6.02. The van der Waals surface area contributed by atoms with Crippen LogP contribution in [-0.2, 0) is 9.59 Å². The molecule has 0 aliphatic rings. The fourth-order valence-electron chi connectivity index (χ4n) is 2.84. The fourth-order valence-corrected chi connectivity index (χ4v) is 2.84. The van der Waals surface area contributed by atoms with Crippen molar-refractivity contribution in [3.8, 4) is 0 Å². The Labute approximate surface area is 155 Å². The smallest absolute Gasteiger partial charge is 0.219 e. The molecule has 0 fully saturated rings. The zero-order chi connectivity index (χ0) is 18.6. The standard InChI is InChI=1S/C21H42N2O2/c1-3-5-7-12-16-20(24)22-18-14-10-9-11-15-19-23-21(25)17-13-8-6-4-2/h3-19H2,1-2H3,(H,22,24)(H,23,25). The maximum absolute atomic E-state index is 11.6. The minimum Gasteiger partial charge on any atom is -0.356 e. The molecule has 2 N–H and O–H groups in total. The van der Waals surface area contributed by atoms with E-state index < -0.39 is 0 Å². The van der Waals surface area contributed by atoms with Crippen LogP contribution in [0.15, 0.2) is 0 Å². The van der Waals surface area contributed by atoms with Crippen LogP contribution in [0.3, 0.4) is 0 Å². The van der Waals surface area contributed by atoms with Crippen molar-refractivity contribution in [2.24, 2.45) is 0 Å². The number of amides is 2. The largest absolute Gasteiger partial charge is 0.356 e. The minimum atomic E-state index is 0.206. The molecule has 0 bridgehead atoms. The first-order chi connectivity index (χ1) is 12.2. The highest BCUT2D eigenvalue weighted by atomic mass is 16.2. The average molecular weight is 355 g/mol. The summed E-state index contributed by atoms with van der Waals surface area (Å²) in [7, 11) is 0. The molecule has 0 saturated carbocycles. The molecule has 0 rings (SSSR count). The van der Waals surface area contributed by atoms with Crippen molar-refractivity contribution in [3.05, 3.63) is 0 Å². The first kappa shape index (κ1) is 23.9. The van der Waals surface area contributed by atoms with E-state index in [1.54, 1.807) is 0 Å². The predicted octanol–water partition coefficient (Wildman–Crippen LogP) is 5.11. The number of rotatable bonds is 18. The van der Waals surface area contributed by atoms with Crippen molar-refractivity contribution in [3.63, 3.8) is 0 Å². The summed E-state index contributed by atoms with van der Waals surface area (Å²) in [5.74, 6) is 0.413. The van der Waals surface area contributed by atoms with Gasteiger partial charge in [-0.05, 0) is 25.7 Å². The molecule has 0 aliphatic heterocycles. The van der Waals surface area contributed by atoms with Crippen molar-refractivity contribution >= 4 is 11.8 Å². The lowest BCUT2D eigenvalue weighted by molar-refractivity contribution is -0.122. The summed E-state index contributed by atoms with van der Waals surface area (Å²) < 4.78 is 0. The van der Waals surface area contributed by atoms with Gasteiger partial charge in [-0.25, -0.2) is 0 Å². The van der Waals surface area contributed by atoms with Gasteiger partial charge in [0.05, 0.1) is 0 Å². The SMILES string of the molecule is CCCCCCC(=O)NCCCCCCCNC(=O)CCCCCC. The van der Waals surface area contributed by atoms with Gasteiger partial charge in [0, 0.05) is 25.9 Å². The monoisotopic (exact) mass is 354 g/mol. The highest BCUT2D eigenvalue weighted by molar-refractivity contribution is 5.76. The number of nitrogens with one attached hydrogen (secondary N) is 2. The quantitative estimate of drug-likeness (QED) is 0.336. The van der Waals surface area contributed by atoms with E-state index in [0.29, 0.717) is 12.8 Å². The molecule has 0 heterocycles. The molecule has 4 nitrogen and oxygen atoms in total. The maximum Gasteiger partial charge on any atom is 0.219 e. The summed E-state index contributed by atoms with van der Waals surface area (Å²) in [4.78, 5) is 23.2. The molecule has 0 aromatic rings. The summed E-state index contributed by atoms with van der Waals surface area (Å²) in [6, 6.07) is 0. The molecule has 0 aromatic heterocycles. The van der Waals surface area contributed by atoms with Gasteiger partial charge in [0.1, 0.15) is 0 Å². The lowest BCUT2D eigenvalue weighted by atomic mass is 10.1. The number of hydrogen-bond donors (Lipinski definition) is 2. The number of unbranched alkanes of at least 4 members (excludes halogenated alkanes) is 10. The number of carbonyl (C=O) groups is 2. The molecular weight excluding hydrogens is 312 g/mol. The Morgan fingerprint density at radius 2 is 0.880 bits per heavy atom. The first-order valence-electron chi connectivity index (χ1n) is 10.7. The highest BCUT2D eigenvalue weighted by Crippen LogP contribution is 2.04. The van der Waals surface area contributed by atoms with Gasteiger partial charge in [0.15, 0.2) is 0 Å². The van der Waals surface area contributed by atoms with Crippen LogP contribution in [0.1, 0.15) is 110 Å². The van der Waals surface area contributed by atoms with Crippen molar-refractivity contribution in [1.29, 1.82) is 0 Å². The van der Waals surface area contributed by atoms with Gasteiger partial charge >= 0.3 is 0 Å². The molecular formula is C21H42N2O2. The Hall–Kier alpha value is -1.06. The van der Waals surface area contributed by atoms with E-state index in [9.17, 15) is 9.59 Å². The molecule has 0 saturated heterocycles. The van der Waals surface area contributed by atoms with E-state index in [1.807, 2.05) is 0 Å². The van der Waals surface area contributed by atoms with Crippen LogP contribution in [0.4, 0.5) is 0 Å². The molecule has 0 atom stereocenters. The lowest BCUT2D eigenvalue weighted by Gasteiger charge is -2.06. The van der Waals surface area contributed by atoms with Crippen molar-refractivity contribution < 1.29 is 9.59 Å². The molecule has 0 radical (unpaired) electrons. The molecule has 25 heavy (non-hydrogen) atoms. The summed E-state index contributed by atoms with van der Waals surface area (Å²) in [6.07, 6.45) is 16.2. The van der Waals surface area contributed by atoms with E-state index in [0.717, 1.165) is 51.6 Å². The lowest BCUT2D eigenvalue weighted by Crippen LogP contribution is -2.24. The molecule has 0 aliphatic carbocycles. The van der Waals surface area contributed by atoms with Crippen molar-refractivity contribution in [2.75, 3.05) is 13.1 Å². The Bertz CT molecular complexity index is 289. The van der Waals surface area contributed by atoms with Crippen molar-refractivity contribution in [1.82, 2.24) is 10.6 Å². The van der Waals surface area contributed by atoms with Gasteiger partial charge in [0.2, 0.25) is 11.8 Å². The van der Waals surface area contributed by atoms with Gasteiger partial charge in [-0.15, -0.1) is 0 Å².